The van der Waals surface area contributed by atoms with Crippen LogP contribution in [0.3, 0.4) is 0 Å². The van der Waals surface area contributed by atoms with Gasteiger partial charge in [-0.15, -0.1) is 0 Å². The Balaban J connectivity index is 1.51. The molecule has 2 amide bonds. The van der Waals surface area contributed by atoms with Gasteiger partial charge in [0.05, 0.1) is 11.4 Å². The normalized spacial score (nSPS) is 15.4. The molecule has 0 saturated heterocycles. The molecule has 5 rings (SSSR count). The average Bonchev–Trinajstić information content (AvgIpc) is 3.51. The molecule has 1 fully saturated rings. The molecular weight excluding hydrogens is 585 g/mol. The summed E-state index contributed by atoms with van der Waals surface area (Å²) >= 11 is 0. The van der Waals surface area contributed by atoms with E-state index in [0.29, 0.717) is 17.1 Å². The van der Waals surface area contributed by atoms with Crippen LogP contribution in [0.1, 0.15) is 50.2 Å². The van der Waals surface area contributed by atoms with E-state index >= 15 is 0 Å². The second-order valence-corrected chi connectivity index (χ2v) is 13.3. The molecule has 1 N–H and O–H groups in total. The van der Waals surface area contributed by atoms with Crippen molar-refractivity contribution in [3.05, 3.63) is 89.7 Å². The number of rotatable bonds is 12. The maximum Gasteiger partial charge on any atom is 0.244 e. The monoisotopic (exact) mass is 623 g/mol. The molecule has 3 aromatic rings. The Morgan fingerprint density at radius 2 is 1.64 bits per heavy atom. The lowest BCUT2D eigenvalue weighted by Crippen LogP contribution is -2.55. The lowest BCUT2D eigenvalue weighted by molar-refractivity contribution is -0.140. The minimum absolute atomic E-state index is 0.00268. The minimum atomic E-state index is -3.93. The van der Waals surface area contributed by atoms with Crippen molar-refractivity contribution in [2.24, 2.45) is 0 Å². The van der Waals surface area contributed by atoms with Crippen LogP contribution in [-0.2, 0) is 32.6 Å². The molecule has 1 aliphatic carbocycles. The van der Waals surface area contributed by atoms with Gasteiger partial charge in [0.1, 0.15) is 18.4 Å². The molecular formula is C33H38FN3O6S. The Kier molecular flexibility index (Phi) is 10.0. The van der Waals surface area contributed by atoms with E-state index in [2.05, 4.69) is 5.32 Å². The van der Waals surface area contributed by atoms with Gasteiger partial charge in [-0.1, -0.05) is 61.7 Å². The minimum Gasteiger partial charge on any atom is -0.454 e. The van der Waals surface area contributed by atoms with Crippen LogP contribution in [0, 0.1) is 5.82 Å². The van der Waals surface area contributed by atoms with Gasteiger partial charge in [0.2, 0.25) is 28.6 Å². The molecule has 2 aliphatic rings. The molecule has 0 aromatic heterocycles. The van der Waals surface area contributed by atoms with E-state index < -0.39 is 34.3 Å². The summed E-state index contributed by atoms with van der Waals surface area (Å²) in [7, 11) is -3.93. The molecule has 0 radical (unpaired) electrons. The Hall–Kier alpha value is -4.12. The standard InChI is InChI=1S/C33H38FN3O6S/c1-2-44(40,41)37(28-17-18-30-31(20-28)43-23-42-30)22-32(38)36(21-25-13-15-26(34)16-14-25)29(19-24-9-5-3-6-10-24)33(39)35-27-11-7-4-8-12-27/h3,5-6,9-10,13-18,20,27,29H,2,4,7-8,11-12,19,21-23H2,1H3,(H,35,39). The molecule has 1 heterocycles. The second kappa shape index (κ2) is 14.1. The van der Waals surface area contributed by atoms with E-state index in [9.17, 15) is 22.4 Å². The van der Waals surface area contributed by atoms with Crippen LogP contribution in [0.4, 0.5) is 10.1 Å². The first kappa shape index (κ1) is 31.3. The summed E-state index contributed by atoms with van der Waals surface area (Å²) in [6.07, 6.45) is 5.11. The first-order chi connectivity index (χ1) is 21.2. The Labute approximate surface area is 258 Å². The molecule has 1 unspecified atom stereocenters. The molecule has 3 aromatic carbocycles. The number of sulfonamides is 1. The molecule has 9 nitrogen and oxygen atoms in total. The third-order valence-corrected chi connectivity index (χ3v) is 9.85. The Bertz CT molecular complexity index is 1550. The maximum absolute atomic E-state index is 14.3. The van der Waals surface area contributed by atoms with Gasteiger partial charge in [-0.25, -0.2) is 12.8 Å². The predicted octanol–water partition coefficient (Wildman–Crippen LogP) is 4.80. The zero-order valence-electron chi connectivity index (χ0n) is 24.8. The number of carbonyl (C=O) groups is 2. The molecule has 44 heavy (non-hydrogen) atoms. The number of benzene rings is 3. The number of carbonyl (C=O) groups excluding carboxylic acids is 2. The SMILES string of the molecule is CCS(=O)(=O)N(CC(=O)N(Cc1ccc(F)cc1)C(Cc1ccccc1)C(=O)NC1CCCCC1)c1ccc2c(c1)OCO2. The van der Waals surface area contributed by atoms with Crippen LogP contribution in [0.25, 0.3) is 0 Å². The van der Waals surface area contributed by atoms with E-state index in [1.54, 1.807) is 24.3 Å². The number of hydrogen-bond acceptors (Lipinski definition) is 6. The maximum atomic E-state index is 14.3. The van der Waals surface area contributed by atoms with Crippen molar-refractivity contribution in [1.29, 1.82) is 0 Å². The van der Waals surface area contributed by atoms with Gasteiger partial charge in [-0.2, -0.15) is 0 Å². The fourth-order valence-electron chi connectivity index (χ4n) is 5.64. The number of nitrogens with zero attached hydrogens (tertiary/aromatic N) is 2. The zero-order chi connectivity index (χ0) is 31.1. The van der Waals surface area contributed by atoms with Gasteiger partial charge in [0.25, 0.3) is 0 Å². The van der Waals surface area contributed by atoms with Crippen LogP contribution in [-0.4, -0.2) is 56.3 Å². The molecule has 1 atom stereocenters. The molecule has 11 heteroatoms. The van der Waals surface area contributed by atoms with Crippen molar-refractivity contribution in [2.45, 2.75) is 64.1 Å². The second-order valence-electron chi connectivity index (χ2n) is 11.1. The van der Waals surface area contributed by atoms with Gasteiger partial charge in [0, 0.05) is 25.1 Å². The first-order valence-electron chi connectivity index (χ1n) is 15.0. The van der Waals surface area contributed by atoms with E-state index in [0.717, 1.165) is 42.0 Å². The number of anilines is 1. The summed E-state index contributed by atoms with van der Waals surface area (Å²) in [5.41, 5.74) is 1.70. The number of halogens is 1. The number of fused-ring (bicyclic) bond motifs is 1. The fraction of sp³-hybridized carbons (Fsp3) is 0.394. The molecule has 0 bridgehead atoms. The molecule has 1 saturated carbocycles. The summed E-state index contributed by atoms with van der Waals surface area (Å²) in [5, 5.41) is 3.17. The van der Waals surface area contributed by atoms with Crippen LogP contribution < -0.4 is 19.1 Å². The van der Waals surface area contributed by atoms with E-state index in [1.165, 1.54) is 30.0 Å². The van der Waals surface area contributed by atoms with Crippen molar-refractivity contribution in [3.8, 4) is 11.5 Å². The highest BCUT2D eigenvalue weighted by Crippen LogP contribution is 2.36. The number of hydrogen-bond donors (Lipinski definition) is 1. The highest BCUT2D eigenvalue weighted by Gasteiger charge is 2.35. The smallest absolute Gasteiger partial charge is 0.244 e. The lowest BCUT2D eigenvalue weighted by Gasteiger charge is -2.35. The number of amides is 2. The Morgan fingerprint density at radius 3 is 2.34 bits per heavy atom. The predicted molar refractivity (Wildman–Crippen MR) is 165 cm³/mol. The van der Waals surface area contributed by atoms with Crippen LogP contribution in [0.5, 0.6) is 11.5 Å². The van der Waals surface area contributed by atoms with Crippen molar-refractivity contribution < 1.29 is 31.9 Å². The highest BCUT2D eigenvalue weighted by atomic mass is 32.2. The first-order valence-corrected chi connectivity index (χ1v) is 16.6. The lowest BCUT2D eigenvalue weighted by atomic mass is 9.94. The van der Waals surface area contributed by atoms with Gasteiger partial charge >= 0.3 is 0 Å². The molecule has 234 valence electrons. The summed E-state index contributed by atoms with van der Waals surface area (Å²) in [5.74, 6) is -0.682. The van der Waals surface area contributed by atoms with Crippen molar-refractivity contribution in [2.75, 3.05) is 23.4 Å². The van der Waals surface area contributed by atoms with Gasteiger partial charge in [-0.3, -0.25) is 13.9 Å². The number of nitrogens with one attached hydrogen (secondary N) is 1. The van der Waals surface area contributed by atoms with Crippen molar-refractivity contribution >= 4 is 27.5 Å². The largest absolute Gasteiger partial charge is 0.454 e. The number of ether oxygens (including phenoxy) is 2. The third-order valence-electron chi connectivity index (χ3n) is 8.11. The summed E-state index contributed by atoms with van der Waals surface area (Å²) in [4.78, 5) is 29.8. The van der Waals surface area contributed by atoms with Gasteiger partial charge in [-0.05, 0) is 55.2 Å². The fourth-order valence-corrected chi connectivity index (χ4v) is 6.70. The van der Waals surface area contributed by atoms with E-state index in [1.807, 2.05) is 30.3 Å². The highest BCUT2D eigenvalue weighted by molar-refractivity contribution is 7.92. The van der Waals surface area contributed by atoms with Crippen molar-refractivity contribution in [3.63, 3.8) is 0 Å². The van der Waals surface area contributed by atoms with Crippen LogP contribution >= 0.6 is 0 Å². The zero-order valence-corrected chi connectivity index (χ0v) is 25.6. The van der Waals surface area contributed by atoms with Crippen LogP contribution in [0.15, 0.2) is 72.8 Å². The quantitative estimate of drug-likeness (QED) is 0.311. The van der Waals surface area contributed by atoms with Crippen molar-refractivity contribution in [1.82, 2.24) is 10.2 Å². The third kappa shape index (κ3) is 7.68. The summed E-state index contributed by atoms with van der Waals surface area (Å²) < 4.78 is 52.4. The topological polar surface area (TPSA) is 105 Å². The molecule has 0 spiro atoms. The average molecular weight is 624 g/mol. The summed E-state index contributed by atoms with van der Waals surface area (Å²) in [6.45, 7) is 0.960. The van der Waals surface area contributed by atoms with E-state index in [4.69, 9.17) is 9.47 Å². The van der Waals surface area contributed by atoms with E-state index in [-0.39, 0.29) is 43.1 Å². The van der Waals surface area contributed by atoms with Crippen LogP contribution in [0.2, 0.25) is 0 Å². The Morgan fingerprint density at radius 1 is 0.932 bits per heavy atom. The van der Waals surface area contributed by atoms with Gasteiger partial charge < -0.3 is 19.7 Å². The van der Waals surface area contributed by atoms with Gasteiger partial charge in [0.15, 0.2) is 11.5 Å². The summed E-state index contributed by atoms with van der Waals surface area (Å²) in [6, 6.07) is 18.9. The molecule has 1 aliphatic heterocycles.